The Hall–Kier alpha value is -2.71. The molecule has 0 bridgehead atoms. The van der Waals surface area contributed by atoms with E-state index in [1.54, 1.807) is 0 Å². The van der Waals surface area contributed by atoms with Crippen LogP contribution in [0.25, 0.3) is 0 Å². The highest BCUT2D eigenvalue weighted by Gasteiger charge is 1.98. The van der Waals surface area contributed by atoms with Gasteiger partial charge in [0, 0.05) is 11.3 Å². The second kappa shape index (κ2) is 6.13. The van der Waals surface area contributed by atoms with Gasteiger partial charge in [-0.25, -0.2) is 0 Å². The quantitative estimate of drug-likeness (QED) is 0.801. The molecule has 0 saturated carbocycles. The van der Waals surface area contributed by atoms with Crippen LogP contribution in [-0.4, -0.2) is 0 Å². The zero-order valence-electron chi connectivity index (χ0n) is 9.85. The second-order valence-corrected chi connectivity index (χ2v) is 3.67. The first kappa shape index (κ1) is 11.8. The Kier molecular flexibility index (Phi) is 4.01. The van der Waals surface area contributed by atoms with Gasteiger partial charge >= 0.3 is 0 Å². The summed E-state index contributed by atoms with van der Waals surface area (Å²) in [6, 6.07) is 19.8. The Labute approximate surface area is 107 Å². The molecule has 0 fully saturated rings. The van der Waals surface area contributed by atoms with E-state index in [0.29, 0.717) is 0 Å². The first-order chi connectivity index (χ1) is 8.90. The highest BCUT2D eigenvalue weighted by atomic mass is 14.9. The van der Waals surface area contributed by atoms with Crippen molar-refractivity contribution in [1.82, 2.24) is 0 Å². The molecule has 0 atom stereocenters. The van der Waals surface area contributed by atoms with Crippen LogP contribution < -0.4 is 5.32 Å². The summed E-state index contributed by atoms with van der Waals surface area (Å²) >= 11 is 0. The van der Waals surface area contributed by atoms with Crippen molar-refractivity contribution < 1.29 is 0 Å². The van der Waals surface area contributed by atoms with Crippen LogP contribution in [-0.2, 0) is 0 Å². The summed E-state index contributed by atoms with van der Waals surface area (Å²) in [5, 5.41) is 11.8. The summed E-state index contributed by atoms with van der Waals surface area (Å²) < 4.78 is 0. The lowest BCUT2D eigenvalue weighted by atomic mass is 10.1. The Morgan fingerprint density at radius 2 is 1.67 bits per heavy atom. The van der Waals surface area contributed by atoms with E-state index in [1.165, 1.54) is 0 Å². The zero-order valence-corrected chi connectivity index (χ0v) is 9.85. The minimum Gasteiger partial charge on any atom is -0.355 e. The zero-order chi connectivity index (χ0) is 12.6. The fraction of sp³-hybridized carbons (Fsp3) is 0.0625. The molecule has 86 valence electrons. The molecule has 2 rings (SSSR count). The van der Waals surface area contributed by atoms with E-state index in [2.05, 4.69) is 17.2 Å². The van der Waals surface area contributed by atoms with Crippen molar-refractivity contribution in [3.8, 4) is 17.9 Å². The second-order valence-electron chi connectivity index (χ2n) is 3.67. The van der Waals surface area contributed by atoms with Gasteiger partial charge < -0.3 is 5.32 Å². The lowest BCUT2D eigenvalue weighted by Gasteiger charge is -2.08. The molecule has 0 spiro atoms. The summed E-state index contributed by atoms with van der Waals surface area (Å²) in [6.07, 6.45) is 0.250. The van der Waals surface area contributed by atoms with Crippen molar-refractivity contribution in [2.75, 3.05) is 5.32 Å². The van der Waals surface area contributed by atoms with Gasteiger partial charge in [-0.2, -0.15) is 5.26 Å². The third kappa shape index (κ3) is 3.14. The van der Waals surface area contributed by atoms with Crippen molar-refractivity contribution in [3.05, 3.63) is 60.2 Å². The van der Waals surface area contributed by atoms with E-state index in [-0.39, 0.29) is 6.42 Å². The van der Waals surface area contributed by atoms with Crippen LogP contribution in [0.4, 0.5) is 11.4 Å². The number of hydrogen-bond acceptors (Lipinski definition) is 2. The Morgan fingerprint density at radius 1 is 0.944 bits per heavy atom. The molecule has 0 heterocycles. The van der Waals surface area contributed by atoms with Gasteiger partial charge in [0.1, 0.15) is 0 Å². The van der Waals surface area contributed by atoms with Crippen LogP contribution in [0.5, 0.6) is 0 Å². The average Bonchev–Trinajstić information content (AvgIpc) is 2.42. The van der Waals surface area contributed by atoms with E-state index in [4.69, 9.17) is 5.26 Å². The molecule has 2 heteroatoms. The maximum absolute atomic E-state index is 8.48. The molecular weight excluding hydrogens is 220 g/mol. The Bertz CT molecular complexity index is 613. The number of anilines is 2. The summed E-state index contributed by atoms with van der Waals surface area (Å²) in [7, 11) is 0. The molecule has 18 heavy (non-hydrogen) atoms. The summed E-state index contributed by atoms with van der Waals surface area (Å²) in [5.41, 5.74) is 2.87. The number of nitrogens with zero attached hydrogens (tertiary/aromatic N) is 1. The predicted molar refractivity (Wildman–Crippen MR) is 73.3 cm³/mol. The van der Waals surface area contributed by atoms with Crippen LogP contribution in [0.3, 0.4) is 0 Å². The fourth-order valence-electron chi connectivity index (χ4n) is 1.56. The molecule has 2 nitrogen and oxygen atoms in total. The molecule has 0 aliphatic carbocycles. The molecule has 0 saturated heterocycles. The molecule has 0 radical (unpaired) electrons. The Morgan fingerprint density at radius 3 is 2.44 bits per heavy atom. The monoisotopic (exact) mass is 232 g/mol. The van der Waals surface area contributed by atoms with Crippen LogP contribution in [0.15, 0.2) is 54.6 Å². The van der Waals surface area contributed by atoms with Crippen LogP contribution in [0.1, 0.15) is 12.0 Å². The molecule has 0 aromatic heterocycles. The third-order valence-corrected chi connectivity index (χ3v) is 2.37. The summed E-state index contributed by atoms with van der Waals surface area (Å²) in [6.45, 7) is 0. The SMILES string of the molecule is N#CCC#Cc1ccccc1Nc1ccccc1. The minimum absolute atomic E-state index is 0.250. The first-order valence-electron chi connectivity index (χ1n) is 5.67. The van der Waals surface area contributed by atoms with Gasteiger partial charge in [-0.3, -0.25) is 0 Å². The maximum Gasteiger partial charge on any atom is 0.0966 e. The van der Waals surface area contributed by atoms with Gasteiger partial charge in [0.15, 0.2) is 0 Å². The first-order valence-corrected chi connectivity index (χ1v) is 5.67. The molecular formula is C16H12N2. The van der Waals surface area contributed by atoms with E-state index in [0.717, 1.165) is 16.9 Å². The van der Waals surface area contributed by atoms with E-state index in [1.807, 2.05) is 60.7 Å². The topological polar surface area (TPSA) is 35.8 Å². The van der Waals surface area contributed by atoms with E-state index >= 15 is 0 Å². The number of hydrogen-bond donors (Lipinski definition) is 1. The van der Waals surface area contributed by atoms with Gasteiger partial charge in [0.25, 0.3) is 0 Å². The molecule has 0 unspecified atom stereocenters. The fourth-order valence-corrected chi connectivity index (χ4v) is 1.56. The number of para-hydroxylation sites is 2. The number of rotatable bonds is 2. The smallest absolute Gasteiger partial charge is 0.0966 e. The van der Waals surface area contributed by atoms with Gasteiger partial charge in [-0.15, -0.1) is 0 Å². The Balaban J connectivity index is 2.24. The van der Waals surface area contributed by atoms with Crippen LogP contribution in [0, 0.1) is 23.2 Å². The van der Waals surface area contributed by atoms with Crippen LogP contribution >= 0.6 is 0 Å². The summed E-state index contributed by atoms with van der Waals surface area (Å²) in [5.74, 6) is 5.83. The van der Waals surface area contributed by atoms with Gasteiger partial charge in [0.2, 0.25) is 0 Å². The number of nitriles is 1. The molecule has 1 N–H and O–H groups in total. The number of nitrogens with one attached hydrogen (secondary N) is 1. The van der Waals surface area contributed by atoms with E-state index in [9.17, 15) is 0 Å². The average molecular weight is 232 g/mol. The minimum atomic E-state index is 0.250. The predicted octanol–water partition coefficient (Wildman–Crippen LogP) is 3.70. The van der Waals surface area contributed by atoms with Crippen LogP contribution in [0.2, 0.25) is 0 Å². The lowest BCUT2D eigenvalue weighted by molar-refractivity contribution is 1.39. The molecule has 0 aliphatic rings. The normalized spacial score (nSPS) is 8.83. The molecule has 2 aromatic rings. The molecule has 2 aromatic carbocycles. The molecule has 0 amide bonds. The highest BCUT2D eigenvalue weighted by Crippen LogP contribution is 2.19. The van der Waals surface area contributed by atoms with Crippen molar-refractivity contribution in [2.24, 2.45) is 0 Å². The van der Waals surface area contributed by atoms with Gasteiger partial charge in [-0.05, 0) is 24.3 Å². The standard InChI is InChI=1S/C16H12N2/c17-13-7-6-9-14-8-4-5-12-16(14)18-15-10-2-1-3-11-15/h1-5,8,10-12,18H,7H2. The maximum atomic E-state index is 8.48. The van der Waals surface area contributed by atoms with Crippen molar-refractivity contribution in [1.29, 1.82) is 5.26 Å². The van der Waals surface area contributed by atoms with Crippen molar-refractivity contribution in [3.63, 3.8) is 0 Å². The van der Waals surface area contributed by atoms with Crippen molar-refractivity contribution in [2.45, 2.75) is 6.42 Å². The lowest BCUT2D eigenvalue weighted by Crippen LogP contribution is -1.92. The summed E-state index contributed by atoms with van der Waals surface area (Å²) in [4.78, 5) is 0. The van der Waals surface area contributed by atoms with Gasteiger partial charge in [0.05, 0.1) is 18.2 Å². The third-order valence-electron chi connectivity index (χ3n) is 2.37. The van der Waals surface area contributed by atoms with Gasteiger partial charge in [-0.1, -0.05) is 42.2 Å². The molecule has 0 aliphatic heterocycles. The van der Waals surface area contributed by atoms with Crippen molar-refractivity contribution >= 4 is 11.4 Å². The highest BCUT2D eigenvalue weighted by molar-refractivity contribution is 5.67. The largest absolute Gasteiger partial charge is 0.355 e. The van der Waals surface area contributed by atoms with E-state index < -0.39 is 0 Å². The number of benzene rings is 2.